The first-order chi connectivity index (χ1) is 9.15. The van der Waals surface area contributed by atoms with Crippen molar-refractivity contribution in [2.75, 3.05) is 6.54 Å². The first-order valence-corrected chi connectivity index (χ1v) is 6.41. The van der Waals surface area contributed by atoms with Crippen LogP contribution in [0.25, 0.3) is 0 Å². The molecular formula is C15H21NO4. The van der Waals surface area contributed by atoms with E-state index in [1.165, 1.54) is 0 Å². The van der Waals surface area contributed by atoms with Gasteiger partial charge in [-0.05, 0) is 51.3 Å². The normalized spacial score (nSPS) is 11.1. The molecule has 0 radical (unpaired) electrons. The highest BCUT2D eigenvalue weighted by molar-refractivity contribution is 5.87. The highest BCUT2D eigenvalue weighted by atomic mass is 16.5. The van der Waals surface area contributed by atoms with Crippen LogP contribution in [0.5, 0.6) is 5.75 Å². The van der Waals surface area contributed by atoms with E-state index in [0.29, 0.717) is 5.75 Å². The molecule has 0 unspecified atom stereocenters. The number of carboxylic acid groups (broad SMARTS) is 1. The first-order valence-electron chi connectivity index (χ1n) is 6.41. The molecule has 1 amide bonds. The van der Waals surface area contributed by atoms with Gasteiger partial charge in [-0.15, -0.1) is 0 Å². The lowest BCUT2D eigenvalue weighted by Gasteiger charge is -2.27. The number of ether oxygens (including phenoxy) is 1. The summed E-state index contributed by atoms with van der Waals surface area (Å²) in [5, 5.41) is 10.9. The second kappa shape index (κ2) is 5.94. The number of rotatable bonds is 5. The van der Waals surface area contributed by atoms with Gasteiger partial charge >= 0.3 is 5.97 Å². The van der Waals surface area contributed by atoms with Crippen LogP contribution in [-0.4, -0.2) is 29.1 Å². The van der Waals surface area contributed by atoms with Crippen molar-refractivity contribution < 1.29 is 19.4 Å². The summed E-state index contributed by atoms with van der Waals surface area (Å²) in [6.07, 6.45) is 0. The zero-order valence-electron chi connectivity index (χ0n) is 12.5. The summed E-state index contributed by atoms with van der Waals surface area (Å²) in [4.78, 5) is 22.5. The summed E-state index contributed by atoms with van der Waals surface area (Å²) in [5.74, 6) is -0.877. The Hall–Kier alpha value is -2.04. The van der Waals surface area contributed by atoms with Crippen LogP contribution in [-0.2, 0) is 9.59 Å². The van der Waals surface area contributed by atoms with Gasteiger partial charge in [0.05, 0.1) is 0 Å². The number of aryl methyl sites for hydroxylation is 2. The third kappa shape index (κ3) is 3.73. The molecule has 0 fully saturated rings. The Balaban J connectivity index is 2.93. The van der Waals surface area contributed by atoms with Crippen molar-refractivity contribution in [1.29, 1.82) is 0 Å². The molecule has 0 saturated heterocycles. The molecule has 1 aromatic rings. The Morgan fingerprint density at radius 2 is 1.75 bits per heavy atom. The highest BCUT2D eigenvalue weighted by Gasteiger charge is 2.31. The molecule has 20 heavy (non-hydrogen) atoms. The predicted molar refractivity (Wildman–Crippen MR) is 76.0 cm³/mol. The van der Waals surface area contributed by atoms with Gasteiger partial charge in [0.15, 0.2) is 5.60 Å². The van der Waals surface area contributed by atoms with Crippen LogP contribution < -0.4 is 10.1 Å². The molecular weight excluding hydrogens is 258 g/mol. The van der Waals surface area contributed by atoms with E-state index in [1.54, 1.807) is 13.8 Å². The topological polar surface area (TPSA) is 75.6 Å². The van der Waals surface area contributed by atoms with Gasteiger partial charge in [0.25, 0.3) is 5.91 Å². The summed E-state index contributed by atoms with van der Waals surface area (Å²) in [6.45, 7) is 8.63. The number of carboxylic acids is 1. The average Bonchev–Trinajstić information content (AvgIpc) is 2.36. The van der Waals surface area contributed by atoms with Crippen LogP contribution in [0.3, 0.4) is 0 Å². The van der Waals surface area contributed by atoms with Gasteiger partial charge in [0, 0.05) is 0 Å². The summed E-state index contributed by atoms with van der Waals surface area (Å²) in [7, 11) is 0. The van der Waals surface area contributed by atoms with Gasteiger partial charge in [0.2, 0.25) is 0 Å². The minimum atomic E-state index is -1.14. The Bertz CT molecular complexity index is 535. The zero-order valence-corrected chi connectivity index (χ0v) is 12.5. The van der Waals surface area contributed by atoms with Crippen molar-refractivity contribution in [2.45, 2.75) is 40.2 Å². The lowest BCUT2D eigenvalue weighted by Crippen LogP contribution is -2.48. The third-order valence-electron chi connectivity index (χ3n) is 3.18. The second-order valence-electron chi connectivity index (χ2n) is 5.34. The molecule has 0 bridgehead atoms. The maximum absolute atomic E-state index is 12.0. The molecule has 1 aromatic carbocycles. The fourth-order valence-electron chi connectivity index (χ4n) is 1.75. The van der Waals surface area contributed by atoms with Crippen LogP contribution >= 0.6 is 0 Å². The van der Waals surface area contributed by atoms with Crippen molar-refractivity contribution in [3.05, 3.63) is 28.8 Å². The minimum Gasteiger partial charge on any atom is -0.480 e. The van der Waals surface area contributed by atoms with E-state index in [4.69, 9.17) is 9.84 Å². The van der Waals surface area contributed by atoms with Gasteiger partial charge < -0.3 is 15.2 Å². The molecule has 2 N–H and O–H groups in total. The van der Waals surface area contributed by atoms with Crippen molar-refractivity contribution in [3.8, 4) is 5.75 Å². The molecule has 0 aliphatic rings. The first kappa shape index (κ1) is 16.0. The quantitative estimate of drug-likeness (QED) is 0.864. The SMILES string of the molecule is Cc1ccc(C)c(OC(C)(C)C(=O)NCC(=O)O)c1C. The predicted octanol–water partition coefficient (Wildman–Crippen LogP) is 1.97. The van der Waals surface area contributed by atoms with Crippen molar-refractivity contribution >= 4 is 11.9 Å². The van der Waals surface area contributed by atoms with Gasteiger partial charge in [-0.1, -0.05) is 12.1 Å². The minimum absolute atomic E-state index is 0.419. The zero-order chi connectivity index (χ0) is 15.5. The number of benzene rings is 1. The number of carbonyl (C=O) groups excluding carboxylic acids is 1. The highest BCUT2D eigenvalue weighted by Crippen LogP contribution is 2.29. The molecule has 0 spiro atoms. The number of amides is 1. The largest absolute Gasteiger partial charge is 0.480 e. The molecule has 5 heteroatoms. The molecule has 0 atom stereocenters. The molecule has 0 aromatic heterocycles. The van der Waals surface area contributed by atoms with E-state index in [2.05, 4.69) is 5.32 Å². The molecule has 0 saturated carbocycles. The van der Waals surface area contributed by atoms with E-state index in [-0.39, 0.29) is 0 Å². The van der Waals surface area contributed by atoms with E-state index >= 15 is 0 Å². The summed E-state index contributed by atoms with van der Waals surface area (Å²) < 4.78 is 5.83. The van der Waals surface area contributed by atoms with Crippen LogP contribution in [0.1, 0.15) is 30.5 Å². The Labute approximate surface area is 118 Å². The van der Waals surface area contributed by atoms with E-state index < -0.39 is 24.0 Å². The second-order valence-corrected chi connectivity index (χ2v) is 5.34. The summed E-state index contributed by atoms with van der Waals surface area (Å²) in [6, 6.07) is 3.93. The number of aliphatic carboxylic acids is 1. The average molecular weight is 279 g/mol. The van der Waals surface area contributed by atoms with Gasteiger partial charge in [-0.2, -0.15) is 0 Å². The number of hydrogen-bond donors (Lipinski definition) is 2. The molecule has 110 valence electrons. The van der Waals surface area contributed by atoms with Crippen LogP contribution in [0, 0.1) is 20.8 Å². The third-order valence-corrected chi connectivity index (χ3v) is 3.18. The van der Waals surface area contributed by atoms with Crippen LogP contribution in [0.4, 0.5) is 0 Å². The monoisotopic (exact) mass is 279 g/mol. The fraction of sp³-hybridized carbons (Fsp3) is 0.467. The van der Waals surface area contributed by atoms with E-state index in [1.807, 2.05) is 32.9 Å². The van der Waals surface area contributed by atoms with Gasteiger partial charge in [-0.3, -0.25) is 9.59 Å². The van der Waals surface area contributed by atoms with Crippen molar-refractivity contribution in [1.82, 2.24) is 5.32 Å². The maximum Gasteiger partial charge on any atom is 0.322 e. The number of hydrogen-bond acceptors (Lipinski definition) is 3. The smallest absolute Gasteiger partial charge is 0.322 e. The molecule has 1 rings (SSSR count). The standard InChI is InChI=1S/C15H21NO4/c1-9-6-7-10(2)13(11(9)3)20-15(4,5)14(19)16-8-12(17)18/h6-7H,8H2,1-5H3,(H,16,19)(H,17,18). The lowest BCUT2D eigenvalue weighted by molar-refractivity contribution is -0.141. The Kier molecular flexibility index (Phi) is 4.76. The number of nitrogens with one attached hydrogen (secondary N) is 1. The van der Waals surface area contributed by atoms with Gasteiger partial charge in [0.1, 0.15) is 12.3 Å². The van der Waals surface area contributed by atoms with Crippen LogP contribution in [0.15, 0.2) is 12.1 Å². The summed E-state index contributed by atoms with van der Waals surface area (Å²) >= 11 is 0. The van der Waals surface area contributed by atoms with Crippen molar-refractivity contribution in [2.24, 2.45) is 0 Å². The van der Waals surface area contributed by atoms with E-state index in [9.17, 15) is 9.59 Å². The number of carbonyl (C=O) groups is 2. The Morgan fingerprint density at radius 1 is 1.20 bits per heavy atom. The summed E-state index contributed by atoms with van der Waals surface area (Å²) in [5.41, 5.74) is 1.85. The van der Waals surface area contributed by atoms with Gasteiger partial charge in [-0.25, -0.2) is 0 Å². The Morgan fingerprint density at radius 3 is 2.30 bits per heavy atom. The fourth-order valence-corrected chi connectivity index (χ4v) is 1.75. The maximum atomic E-state index is 12.0. The molecule has 5 nitrogen and oxygen atoms in total. The van der Waals surface area contributed by atoms with Crippen LogP contribution in [0.2, 0.25) is 0 Å². The molecule has 0 aliphatic carbocycles. The van der Waals surface area contributed by atoms with Crippen molar-refractivity contribution in [3.63, 3.8) is 0 Å². The lowest BCUT2D eigenvalue weighted by atomic mass is 10.0. The van der Waals surface area contributed by atoms with E-state index in [0.717, 1.165) is 16.7 Å². The molecule has 0 aliphatic heterocycles. The molecule has 0 heterocycles.